The Morgan fingerprint density at radius 2 is 2.17 bits per heavy atom. The Hall–Kier alpha value is -1.26. The van der Waals surface area contributed by atoms with Crippen molar-refractivity contribution in [3.05, 3.63) is 24.3 Å². The molecule has 0 saturated carbocycles. The zero-order valence-corrected chi connectivity index (χ0v) is 11.5. The lowest BCUT2D eigenvalue weighted by Crippen LogP contribution is -2.58. The second-order valence-corrected chi connectivity index (χ2v) is 5.01. The average Bonchev–Trinajstić information content (AvgIpc) is 2.41. The molecule has 2 atom stereocenters. The van der Waals surface area contributed by atoms with E-state index in [0.717, 1.165) is 18.8 Å². The molecule has 4 heteroatoms. The molecule has 1 aliphatic heterocycles. The highest BCUT2D eigenvalue weighted by atomic mass is 16.5. The number of likely N-dealkylation sites (N-methyl/N-ethyl adjacent to an activating group) is 1. The minimum absolute atomic E-state index is 0.417. The summed E-state index contributed by atoms with van der Waals surface area (Å²) in [4.78, 5) is 4.77. The first-order valence-electron chi connectivity index (χ1n) is 6.46. The van der Waals surface area contributed by atoms with Crippen molar-refractivity contribution in [2.75, 3.05) is 38.7 Å². The zero-order chi connectivity index (χ0) is 13.1. The Kier molecular flexibility index (Phi) is 4.09. The van der Waals surface area contributed by atoms with Crippen LogP contribution in [0.1, 0.15) is 6.92 Å². The van der Waals surface area contributed by atoms with Crippen LogP contribution in [0, 0.1) is 0 Å². The van der Waals surface area contributed by atoms with Gasteiger partial charge in [-0.25, -0.2) is 0 Å². The van der Waals surface area contributed by atoms with E-state index >= 15 is 0 Å². The fraction of sp³-hybridized carbons (Fsp3) is 0.571. The van der Waals surface area contributed by atoms with Gasteiger partial charge in [0.1, 0.15) is 5.75 Å². The summed E-state index contributed by atoms with van der Waals surface area (Å²) in [7, 11) is 3.86. The minimum atomic E-state index is 0.417. The van der Waals surface area contributed by atoms with E-state index in [1.165, 1.54) is 5.69 Å². The summed E-state index contributed by atoms with van der Waals surface area (Å²) >= 11 is 0. The largest absolute Gasteiger partial charge is 0.497 e. The maximum absolute atomic E-state index is 5.86. The van der Waals surface area contributed by atoms with Gasteiger partial charge in [-0.1, -0.05) is 6.07 Å². The van der Waals surface area contributed by atoms with Crippen molar-refractivity contribution in [3.63, 3.8) is 0 Å². The van der Waals surface area contributed by atoms with E-state index in [9.17, 15) is 0 Å². The Balaban J connectivity index is 2.17. The lowest BCUT2D eigenvalue weighted by Gasteiger charge is -2.44. The molecule has 1 aromatic rings. The zero-order valence-electron chi connectivity index (χ0n) is 11.5. The molecule has 18 heavy (non-hydrogen) atoms. The van der Waals surface area contributed by atoms with Crippen LogP contribution in [0.25, 0.3) is 0 Å². The van der Waals surface area contributed by atoms with Crippen LogP contribution in [-0.4, -0.2) is 50.8 Å². The summed E-state index contributed by atoms with van der Waals surface area (Å²) in [6, 6.07) is 9.16. The molecule has 1 aromatic carbocycles. The smallest absolute Gasteiger partial charge is 0.120 e. The van der Waals surface area contributed by atoms with Gasteiger partial charge in [-0.3, -0.25) is 4.90 Å². The van der Waals surface area contributed by atoms with Gasteiger partial charge < -0.3 is 15.4 Å². The lowest BCUT2D eigenvalue weighted by atomic mass is 10.1. The number of rotatable bonds is 3. The van der Waals surface area contributed by atoms with Gasteiger partial charge in [-0.2, -0.15) is 0 Å². The first kappa shape index (κ1) is 13.2. The molecule has 4 nitrogen and oxygen atoms in total. The molecular formula is C14H23N3O. The van der Waals surface area contributed by atoms with Gasteiger partial charge in [-0.05, 0) is 26.1 Å². The number of ether oxygens (including phenoxy) is 1. The van der Waals surface area contributed by atoms with Crippen LogP contribution in [0.2, 0.25) is 0 Å². The van der Waals surface area contributed by atoms with Crippen molar-refractivity contribution in [2.24, 2.45) is 5.73 Å². The second-order valence-electron chi connectivity index (χ2n) is 5.01. The summed E-state index contributed by atoms with van der Waals surface area (Å²) < 4.78 is 5.29. The minimum Gasteiger partial charge on any atom is -0.497 e. The van der Waals surface area contributed by atoms with Gasteiger partial charge in [0, 0.05) is 43.5 Å². The molecule has 0 radical (unpaired) electrons. The van der Waals surface area contributed by atoms with E-state index in [0.29, 0.717) is 18.6 Å². The fourth-order valence-corrected chi connectivity index (χ4v) is 2.52. The number of benzene rings is 1. The van der Waals surface area contributed by atoms with Crippen LogP contribution >= 0.6 is 0 Å². The molecule has 0 aromatic heterocycles. The van der Waals surface area contributed by atoms with Gasteiger partial charge in [-0.15, -0.1) is 0 Å². The fourth-order valence-electron chi connectivity index (χ4n) is 2.52. The summed E-state index contributed by atoms with van der Waals surface area (Å²) in [5.41, 5.74) is 7.07. The highest BCUT2D eigenvalue weighted by molar-refractivity contribution is 5.51. The van der Waals surface area contributed by atoms with Crippen LogP contribution in [0.5, 0.6) is 5.75 Å². The maximum atomic E-state index is 5.86. The predicted molar refractivity (Wildman–Crippen MR) is 75.3 cm³/mol. The summed E-state index contributed by atoms with van der Waals surface area (Å²) in [5.74, 6) is 0.906. The quantitative estimate of drug-likeness (QED) is 0.873. The van der Waals surface area contributed by atoms with Crippen LogP contribution in [-0.2, 0) is 0 Å². The van der Waals surface area contributed by atoms with Gasteiger partial charge in [0.2, 0.25) is 0 Å². The van der Waals surface area contributed by atoms with Gasteiger partial charge in [0.15, 0.2) is 0 Å². The highest BCUT2D eigenvalue weighted by Crippen LogP contribution is 2.24. The molecular weight excluding hydrogens is 226 g/mol. The molecule has 0 aliphatic carbocycles. The number of nitrogens with two attached hydrogens (primary N) is 1. The standard InChI is InChI=1S/C14H23N3O/c1-11-9-17(10-13(8-15)16(11)2)12-5-4-6-14(7-12)18-3/h4-7,11,13H,8-10,15H2,1-3H3. The number of hydrogen-bond acceptors (Lipinski definition) is 4. The van der Waals surface area contributed by atoms with Crippen molar-refractivity contribution in [2.45, 2.75) is 19.0 Å². The maximum Gasteiger partial charge on any atom is 0.120 e. The first-order valence-corrected chi connectivity index (χ1v) is 6.46. The normalized spacial score (nSPS) is 25.2. The molecule has 1 fully saturated rings. The third-order valence-corrected chi connectivity index (χ3v) is 3.88. The van der Waals surface area contributed by atoms with Gasteiger partial charge in [0.05, 0.1) is 7.11 Å². The van der Waals surface area contributed by atoms with E-state index < -0.39 is 0 Å². The second kappa shape index (κ2) is 5.59. The molecule has 0 bridgehead atoms. The summed E-state index contributed by atoms with van der Waals surface area (Å²) in [6.45, 7) is 4.95. The molecule has 2 rings (SSSR count). The number of methoxy groups -OCH3 is 1. The molecule has 1 saturated heterocycles. The molecule has 2 unspecified atom stereocenters. The topological polar surface area (TPSA) is 41.7 Å². The number of nitrogens with zero attached hydrogens (tertiary/aromatic N) is 2. The van der Waals surface area contributed by atoms with Crippen molar-refractivity contribution in [1.29, 1.82) is 0 Å². The number of anilines is 1. The van der Waals surface area contributed by atoms with Crippen molar-refractivity contribution in [1.82, 2.24) is 4.90 Å². The first-order chi connectivity index (χ1) is 8.65. The van der Waals surface area contributed by atoms with Crippen molar-refractivity contribution in [3.8, 4) is 5.75 Å². The van der Waals surface area contributed by atoms with E-state index in [-0.39, 0.29) is 0 Å². The van der Waals surface area contributed by atoms with Crippen LogP contribution < -0.4 is 15.4 Å². The third-order valence-electron chi connectivity index (χ3n) is 3.88. The Bertz CT molecular complexity index is 396. The lowest BCUT2D eigenvalue weighted by molar-refractivity contribution is 0.162. The number of hydrogen-bond donors (Lipinski definition) is 1. The van der Waals surface area contributed by atoms with Crippen LogP contribution in [0.15, 0.2) is 24.3 Å². The predicted octanol–water partition coefficient (Wildman–Crippen LogP) is 1.16. The number of piperazine rings is 1. The van der Waals surface area contributed by atoms with Crippen LogP contribution in [0.3, 0.4) is 0 Å². The van der Waals surface area contributed by atoms with Crippen LogP contribution in [0.4, 0.5) is 5.69 Å². The van der Waals surface area contributed by atoms with E-state index in [4.69, 9.17) is 10.5 Å². The molecule has 1 heterocycles. The van der Waals surface area contributed by atoms with E-state index in [1.54, 1.807) is 7.11 Å². The summed E-state index contributed by atoms with van der Waals surface area (Å²) in [6.07, 6.45) is 0. The molecule has 2 N–H and O–H groups in total. The molecule has 0 spiro atoms. The highest BCUT2D eigenvalue weighted by Gasteiger charge is 2.28. The Labute approximate surface area is 109 Å². The molecule has 0 amide bonds. The monoisotopic (exact) mass is 249 g/mol. The molecule has 1 aliphatic rings. The third kappa shape index (κ3) is 2.60. The summed E-state index contributed by atoms with van der Waals surface area (Å²) in [5, 5.41) is 0. The van der Waals surface area contributed by atoms with E-state index in [1.807, 2.05) is 12.1 Å². The average molecular weight is 249 g/mol. The van der Waals surface area contributed by atoms with Gasteiger partial charge >= 0.3 is 0 Å². The Morgan fingerprint density at radius 1 is 1.39 bits per heavy atom. The Morgan fingerprint density at radius 3 is 2.83 bits per heavy atom. The van der Waals surface area contributed by atoms with Crippen molar-refractivity contribution < 1.29 is 4.74 Å². The SMILES string of the molecule is COc1cccc(N2CC(C)N(C)C(CN)C2)c1. The van der Waals surface area contributed by atoms with Crippen molar-refractivity contribution >= 4 is 5.69 Å². The molecule has 100 valence electrons. The van der Waals surface area contributed by atoms with E-state index in [2.05, 4.69) is 35.9 Å². The van der Waals surface area contributed by atoms with Gasteiger partial charge in [0.25, 0.3) is 0 Å².